The lowest BCUT2D eigenvalue weighted by molar-refractivity contribution is 0.00578. The lowest BCUT2D eigenvalue weighted by Crippen LogP contribution is -2.41. The monoisotopic (exact) mass is 1040 g/mol. The molecule has 5 heterocycles. The maximum atomic E-state index is 9.74. The van der Waals surface area contributed by atoms with E-state index in [1.54, 1.807) is 23.6 Å². The lowest BCUT2D eigenvalue weighted by atomic mass is 9.82. The van der Waals surface area contributed by atoms with Crippen molar-refractivity contribution in [3.63, 3.8) is 0 Å². The highest BCUT2D eigenvalue weighted by Crippen LogP contribution is 2.40. The summed E-state index contributed by atoms with van der Waals surface area (Å²) < 4.78 is 13.3. The summed E-state index contributed by atoms with van der Waals surface area (Å²) in [7, 11) is -0.219. The third-order valence-electron chi connectivity index (χ3n) is 13.4. The summed E-state index contributed by atoms with van der Waals surface area (Å²) in [6.07, 6.45) is 5.37. The van der Waals surface area contributed by atoms with Crippen molar-refractivity contribution in [2.75, 3.05) is 0 Å². The molecule has 1 fully saturated rings. The summed E-state index contributed by atoms with van der Waals surface area (Å²) in [5.74, 6) is 0. The molecule has 0 atom stereocenters. The molecule has 1 saturated heterocycles. The topological polar surface area (TPSA) is 91.8 Å². The molecule has 0 radical (unpaired) electrons. The second-order valence-electron chi connectivity index (χ2n) is 25.0. The molecule has 0 N–H and O–H groups in total. The zero-order valence-corrected chi connectivity index (χ0v) is 48.7. The maximum Gasteiger partial charge on any atom is 0.505 e. The fraction of sp³-hybridized carbons (Fsp3) is 0.375. The van der Waals surface area contributed by atoms with Gasteiger partial charge in [0, 0.05) is 48.5 Å². The van der Waals surface area contributed by atoms with E-state index in [0.29, 0.717) is 21.6 Å². The number of fused-ring (bicyclic) bond motifs is 2. The number of pyridine rings is 2. The first-order valence-electron chi connectivity index (χ1n) is 25.5. The van der Waals surface area contributed by atoms with Crippen LogP contribution in [0.25, 0.3) is 54.5 Å². The number of rotatable bonds is 6. The Hall–Kier alpha value is -5.65. The van der Waals surface area contributed by atoms with E-state index in [1.807, 2.05) is 23.5 Å². The summed E-state index contributed by atoms with van der Waals surface area (Å²) in [6, 6.07) is 42.6. The molecule has 4 aromatic heterocycles. The Kier molecular flexibility index (Phi) is 16.3. The van der Waals surface area contributed by atoms with Crippen molar-refractivity contribution in [3.05, 3.63) is 159 Å². The van der Waals surface area contributed by atoms with Crippen LogP contribution in [0.1, 0.15) is 143 Å². The highest BCUT2D eigenvalue weighted by Gasteiger charge is 2.52. The van der Waals surface area contributed by atoms with Crippen LogP contribution in [0.5, 0.6) is 0 Å². The highest BCUT2D eigenvalue weighted by molar-refractivity contribution is 7.22. The molecule has 0 spiro atoms. The quantitative estimate of drug-likeness (QED) is 0.154. The average Bonchev–Trinajstić information content (AvgIpc) is 4.03. The van der Waals surface area contributed by atoms with E-state index >= 15 is 0 Å². The van der Waals surface area contributed by atoms with Gasteiger partial charge in [0.25, 0.3) is 0 Å². The van der Waals surface area contributed by atoms with Crippen LogP contribution < -0.4 is 4.78 Å². The van der Waals surface area contributed by atoms with Gasteiger partial charge in [-0.05, 0) is 149 Å². The zero-order valence-electron chi connectivity index (χ0n) is 46.3. The fourth-order valence-corrected chi connectivity index (χ4v) is 11.8. The maximum absolute atomic E-state index is 9.74. The molecule has 1 aliphatic rings. The minimum Gasteiger partial charge on any atom is -0.399 e. The van der Waals surface area contributed by atoms with Crippen LogP contribution in [0.3, 0.4) is 0 Å². The van der Waals surface area contributed by atoms with E-state index in [4.69, 9.17) is 26.2 Å². The van der Waals surface area contributed by atoms with Crippen LogP contribution in [0, 0.1) is 33.5 Å². The summed E-state index contributed by atoms with van der Waals surface area (Å²) in [5.41, 5.74) is 8.42. The Balaban J connectivity index is 0.000000169. The van der Waals surface area contributed by atoms with Gasteiger partial charge < -0.3 is 9.31 Å². The Morgan fingerprint density at radius 3 is 1.46 bits per heavy atom. The van der Waals surface area contributed by atoms with Gasteiger partial charge in [0.15, 0.2) is 0 Å². The molecule has 10 heteroatoms. The fourth-order valence-electron chi connectivity index (χ4n) is 8.97. The third kappa shape index (κ3) is 13.4. The van der Waals surface area contributed by atoms with Gasteiger partial charge in [0.05, 0.1) is 38.7 Å². The lowest BCUT2D eigenvalue weighted by Gasteiger charge is -2.32. The molecule has 382 valence electrons. The van der Waals surface area contributed by atoms with Gasteiger partial charge in [0.2, 0.25) is 0 Å². The van der Waals surface area contributed by atoms with Crippen LogP contribution in [-0.4, -0.2) is 28.3 Å². The average molecular weight is 1040 g/mol. The van der Waals surface area contributed by atoms with Gasteiger partial charge in [-0.2, -0.15) is 10.5 Å². The van der Waals surface area contributed by atoms with Crippen molar-refractivity contribution in [3.8, 4) is 45.1 Å². The minimum atomic E-state index is -0.258. The van der Waals surface area contributed by atoms with Crippen LogP contribution in [0.4, 0.5) is 0 Å². The first-order valence-corrected chi connectivity index (χ1v) is 27.5. The largest absolute Gasteiger partial charge is 0.505 e. The Morgan fingerprint density at radius 2 is 1.00 bits per heavy atom. The molecular formula is C64H72BClN4O2S2. The minimum absolute atomic E-state index is 0.0145. The molecule has 74 heavy (non-hydrogen) atoms. The van der Waals surface area contributed by atoms with Gasteiger partial charge in [-0.25, -0.2) is 0 Å². The van der Waals surface area contributed by atoms with E-state index in [0.717, 1.165) is 45.8 Å². The molecule has 9 rings (SSSR count). The normalized spacial score (nSPS) is 14.4. The molecule has 0 saturated carbocycles. The summed E-state index contributed by atoms with van der Waals surface area (Å²) in [5, 5.41) is 24.1. The van der Waals surface area contributed by atoms with Gasteiger partial charge in [-0.3, -0.25) is 9.97 Å². The van der Waals surface area contributed by atoms with Gasteiger partial charge in [-0.1, -0.05) is 149 Å². The highest BCUT2D eigenvalue weighted by atomic mass is 35.5. The standard InChI is InChI=1S/C29H30N2S.C20H17ClN2.C15H25BO2S/c1-28(2,3)16-22-11-12-27(32-22)24-15-26(31-18-21(24)17-30)20-13-19-9-7-8-10-23(19)25(14-20)29(4,5)6;1-20(2,3)17-9-14(8-13-6-4-5-7-16(13)17)19-10-18(21)15(11-22)12-23-19;1-13(2,3)10-11-8-9-12(19-11)16-17-14(4,5)15(6,7)18-16/h7-15,18H,16H2,1-6H3;4-10,12H,1-3H3;8-9H,10H2,1-7H3. The van der Waals surface area contributed by atoms with Crippen LogP contribution in [0.2, 0.25) is 5.02 Å². The van der Waals surface area contributed by atoms with Crippen molar-refractivity contribution in [2.45, 2.75) is 146 Å². The summed E-state index contributed by atoms with van der Waals surface area (Å²) in [4.78, 5) is 13.0. The molecule has 4 aromatic carbocycles. The van der Waals surface area contributed by atoms with E-state index in [1.165, 1.54) is 53.4 Å². The number of halogens is 1. The Morgan fingerprint density at radius 1 is 0.554 bits per heavy atom. The molecule has 6 nitrogen and oxygen atoms in total. The SMILES string of the molecule is CC(C)(C)Cc1ccc(-c2cc(-c3cc(C(C)(C)C)c4ccccc4c3)ncc2C#N)s1.CC(C)(C)Cc1ccc(B2OC(C)(C)C(C)(C)O2)s1.CC(C)(C)c1cc(-c2cc(Cl)c(C#N)cn2)cc2ccccc12. The van der Waals surface area contributed by atoms with Crippen molar-refractivity contribution in [1.29, 1.82) is 10.5 Å². The number of aromatic nitrogens is 2. The molecular weight excluding hydrogens is 967 g/mol. The number of benzene rings is 4. The first kappa shape index (κ1) is 56.1. The van der Waals surface area contributed by atoms with Crippen LogP contribution in [0.15, 0.2) is 122 Å². The molecule has 8 aromatic rings. The second kappa shape index (κ2) is 21.5. The Bertz CT molecular complexity index is 3380. The third-order valence-corrected chi connectivity index (χ3v) is 16.0. The van der Waals surface area contributed by atoms with Gasteiger partial charge >= 0.3 is 7.12 Å². The van der Waals surface area contributed by atoms with E-state index in [9.17, 15) is 5.26 Å². The van der Waals surface area contributed by atoms with Gasteiger partial charge in [-0.15, -0.1) is 22.7 Å². The number of hydrogen-bond donors (Lipinski definition) is 0. The Labute approximate surface area is 455 Å². The zero-order chi connectivity index (χ0) is 54.2. The van der Waals surface area contributed by atoms with Crippen LogP contribution >= 0.6 is 34.3 Å². The first-order chi connectivity index (χ1) is 34.4. The van der Waals surface area contributed by atoms with E-state index < -0.39 is 0 Å². The number of thiophene rings is 2. The molecule has 0 amide bonds. The second-order valence-corrected chi connectivity index (χ2v) is 27.8. The number of nitriles is 2. The van der Waals surface area contributed by atoms with E-state index in [-0.39, 0.29) is 34.6 Å². The molecule has 0 bridgehead atoms. The van der Waals surface area contributed by atoms with Gasteiger partial charge in [0.1, 0.15) is 12.1 Å². The smallest absolute Gasteiger partial charge is 0.399 e. The van der Waals surface area contributed by atoms with Crippen molar-refractivity contribution in [1.82, 2.24) is 9.97 Å². The summed E-state index contributed by atoms with van der Waals surface area (Å²) >= 11 is 9.75. The van der Waals surface area contributed by atoms with Crippen LogP contribution in [-0.2, 0) is 33.0 Å². The predicted molar refractivity (Wildman–Crippen MR) is 316 cm³/mol. The van der Waals surface area contributed by atoms with Crippen molar-refractivity contribution in [2.24, 2.45) is 10.8 Å². The van der Waals surface area contributed by atoms with Crippen molar-refractivity contribution >= 4 is 67.7 Å². The van der Waals surface area contributed by atoms with Crippen molar-refractivity contribution < 1.29 is 9.31 Å². The predicted octanol–water partition coefficient (Wildman–Crippen LogP) is 17.7. The molecule has 0 aliphatic carbocycles. The number of hydrogen-bond acceptors (Lipinski definition) is 8. The number of nitrogens with zero attached hydrogens (tertiary/aromatic N) is 4. The van der Waals surface area contributed by atoms with E-state index in [2.05, 4.69) is 224 Å². The molecule has 0 unspecified atom stereocenters. The summed E-state index contributed by atoms with van der Waals surface area (Å²) in [6.45, 7) is 35.3. The molecule has 1 aliphatic heterocycles.